The summed E-state index contributed by atoms with van der Waals surface area (Å²) in [6.07, 6.45) is 4.45. The van der Waals surface area contributed by atoms with Gasteiger partial charge in [0.05, 0.1) is 12.0 Å². The van der Waals surface area contributed by atoms with Crippen molar-refractivity contribution in [1.82, 2.24) is 15.2 Å². The Morgan fingerprint density at radius 3 is 2.80 bits per heavy atom. The Hall–Kier alpha value is -2.69. The Kier molecular flexibility index (Phi) is 5.12. The second-order valence-electron chi connectivity index (χ2n) is 6.51. The summed E-state index contributed by atoms with van der Waals surface area (Å²) in [5.41, 5.74) is 3.35. The van der Waals surface area contributed by atoms with E-state index in [-0.39, 0.29) is 30.2 Å². The van der Waals surface area contributed by atoms with Crippen LogP contribution in [-0.2, 0) is 16.0 Å². The quantitative estimate of drug-likeness (QED) is 0.910. The number of carbonyl (C=O) groups excluding carboxylic acids is 2. The second kappa shape index (κ2) is 7.47. The van der Waals surface area contributed by atoms with Crippen LogP contribution in [0.25, 0.3) is 0 Å². The molecule has 25 heavy (non-hydrogen) atoms. The largest absolute Gasteiger partial charge is 0.355 e. The zero-order valence-electron chi connectivity index (χ0n) is 14.6. The van der Waals surface area contributed by atoms with Gasteiger partial charge < -0.3 is 10.2 Å². The highest BCUT2D eigenvalue weighted by Gasteiger charge is 2.42. The summed E-state index contributed by atoms with van der Waals surface area (Å²) in [7, 11) is 1.75. The number of amides is 2. The molecule has 0 saturated carbocycles. The summed E-state index contributed by atoms with van der Waals surface area (Å²) in [5, 5.41) is 3.00. The average molecular weight is 337 g/mol. The number of benzene rings is 1. The van der Waals surface area contributed by atoms with Crippen LogP contribution < -0.4 is 5.32 Å². The predicted molar refractivity (Wildman–Crippen MR) is 95.7 cm³/mol. The number of carbonyl (C=O) groups is 2. The molecule has 1 N–H and O–H groups in total. The van der Waals surface area contributed by atoms with E-state index in [0.717, 1.165) is 12.0 Å². The molecule has 1 aromatic carbocycles. The molecule has 0 unspecified atom stereocenters. The first-order valence-electron chi connectivity index (χ1n) is 8.55. The molecule has 2 heterocycles. The summed E-state index contributed by atoms with van der Waals surface area (Å²) in [6.45, 7) is 2.64. The number of rotatable bonds is 5. The molecular formula is C20H23N3O2. The van der Waals surface area contributed by atoms with Crippen molar-refractivity contribution in [2.24, 2.45) is 5.92 Å². The fraction of sp³-hybridized carbons (Fsp3) is 0.350. The first-order chi connectivity index (χ1) is 12.1. The minimum atomic E-state index is -0.376. The molecule has 1 fully saturated rings. The third-order valence-corrected chi connectivity index (χ3v) is 4.90. The molecule has 2 atom stereocenters. The monoisotopic (exact) mass is 337 g/mol. The van der Waals surface area contributed by atoms with E-state index in [9.17, 15) is 9.59 Å². The molecule has 1 saturated heterocycles. The minimum Gasteiger partial charge on any atom is -0.355 e. The van der Waals surface area contributed by atoms with E-state index in [1.807, 2.05) is 24.3 Å². The maximum absolute atomic E-state index is 12.7. The van der Waals surface area contributed by atoms with E-state index in [1.165, 1.54) is 11.1 Å². The van der Waals surface area contributed by atoms with Gasteiger partial charge in [-0.25, -0.2) is 0 Å². The zero-order chi connectivity index (χ0) is 17.8. The van der Waals surface area contributed by atoms with E-state index in [1.54, 1.807) is 24.3 Å². The molecule has 1 aliphatic heterocycles. The highest BCUT2D eigenvalue weighted by atomic mass is 16.2. The first-order valence-corrected chi connectivity index (χ1v) is 8.55. The van der Waals surface area contributed by atoms with Gasteiger partial charge in [0.15, 0.2) is 0 Å². The standard InChI is InChI=1S/C20H23N3O2/c1-14-6-3-4-7-15(14)9-11-22-20(25)17-12-18(24)23(2)19(17)16-8-5-10-21-13-16/h3-8,10,13,17,19H,9,11-12H2,1-2H3,(H,22,25)/t17-,19+/m0/s1. The van der Waals surface area contributed by atoms with E-state index < -0.39 is 0 Å². The highest BCUT2D eigenvalue weighted by molar-refractivity contribution is 5.90. The normalized spacial score (nSPS) is 19.9. The van der Waals surface area contributed by atoms with Gasteiger partial charge in [-0.3, -0.25) is 14.6 Å². The number of hydrogen-bond donors (Lipinski definition) is 1. The van der Waals surface area contributed by atoms with Crippen molar-refractivity contribution in [3.05, 3.63) is 65.5 Å². The third kappa shape index (κ3) is 3.71. The van der Waals surface area contributed by atoms with E-state index in [4.69, 9.17) is 0 Å². The summed E-state index contributed by atoms with van der Waals surface area (Å²) < 4.78 is 0. The Balaban J connectivity index is 1.66. The molecule has 0 bridgehead atoms. The van der Waals surface area contributed by atoms with E-state index in [2.05, 4.69) is 29.4 Å². The molecule has 3 rings (SSSR count). The van der Waals surface area contributed by atoms with Gasteiger partial charge >= 0.3 is 0 Å². The number of aryl methyl sites for hydroxylation is 1. The molecule has 2 aromatic rings. The summed E-state index contributed by atoms with van der Waals surface area (Å²) in [6, 6.07) is 11.7. The lowest BCUT2D eigenvalue weighted by atomic mass is 9.94. The average Bonchev–Trinajstić information content (AvgIpc) is 2.92. The molecule has 0 aliphatic carbocycles. The van der Waals surface area contributed by atoms with Crippen molar-refractivity contribution in [1.29, 1.82) is 0 Å². The van der Waals surface area contributed by atoms with E-state index in [0.29, 0.717) is 6.54 Å². The van der Waals surface area contributed by atoms with Crippen LogP contribution in [0.3, 0.4) is 0 Å². The maximum atomic E-state index is 12.7. The molecule has 2 amide bonds. The molecule has 5 heteroatoms. The fourth-order valence-corrected chi connectivity index (χ4v) is 3.45. The Morgan fingerprint density at radius 2 is 2.08 bits per heavy atom. The van der Waals surface area contributed by atoms with Crippen LogP contribution in [0, 0.1) is 12.8 Å². The van der Waals surface area contributed by atoms with Crippen LogP contribution in [0.15, 0.2) is 48.8 Å². The Bertz CT molecular complexity index is 761. The molecule has 1 aliphatic rings. The van der Waals surface area contributed by atoms with Crippen LogP contribution in [0.5, 0.6) is 0 Å². The first kappa shape index (κ1) is 17.1. The number of aromatic nitrogens is 1. The van der Waals surface area contributed by atoms with Gasteiger partial charge in [0.25, 0.3) is 0 Å². The number of pyridine rings is 1. The van der Waals surface area contributed by atoms with Gasteiger partial charge in [0.2, 0.25) is 11.8 Å². The lowest BCUT2D eigenvalue weighted by molar-refractivity contribution is -0.128. The van der Waals surface area contributed by atoms with Crippen molar-refractivity contribution >= 4 is 11.8 Å². The van der Waals surface area contributed by atoms with Crippen molar-refractivity contribution < 1.29 is 9.59 Å². The van der Waals surface area contributed by atoms with Crippen molar-refractivity contribution in [2.45, 2.75) is 25.8 Å². The third-order valence-electron chi connectivity index (χ3n) is 4.90. The summed E-state index contributed by atoms with van der Waals surface area (Å²) in [5.74, 6) is -0.452. The van der Waals surface area contributed by atoms with Crippen LogP contribution in [0.1, 0.15) is 29.2 Å². The van der Waals surface area contributed by atoms with Gasteiger partial charge in [0.1, 0.15) is 0 Å². The van der Waals surface area contributed by atoms with Crippen molar-refractivity contribution in [3.63, 3.8) is 0 Å². The van der Waals surface area contributed by atoms with Crippen molar-refractivity contribution in [2.75, 3.05) is 13.6 Å². The number of hydrogen-bond acceptors (Lipinski definition) is 3. The Morgan fingerprint density at radius 1 is 1.28 bits per heavy atom. The molecule has 1 aromatic heterocycles. The van der Waals surface area contributed by atoms with Gasteiger partial charge in [-0.05, 0) is 36.1 Å². The number of nitrogens with one attached hydrogen (secondary N) is 1. The Labute approximate surface area is 148 Å². The van der Waals surface area contributed by atoms with Crippen LogP contribution in [-0.4, -0.2) is 35.3 Å². The molecule has 0 spiro atoms. The summed E-state index contributed by atoms with van der Waals surface area (Å²) >= 11 is 0. The number of likely N-dealkylation sites (tertiary alicyclic amines) is 1. The predicted octanol–water partition coefficient (Wildman–Crippen LogP) is 2.27. The second-order valence-corrected chi connectivity index (χ2v) is 6.51. The van der Waals surface area contributed by atoms with Gasteiger partial charge in [0, 0.05) is 32.4 Å². The SMILES string of the molecule is Cc1ccccc1CCNC(=O)[C@H]1CC(=O)N(C)[C@@H]1c1cccnc1. The lowest BCUT2D eigenvalue weighted by Crippen LogP contribution is -2.35. The van der Waals surface area contributed by atoms with Crippen LogP contribution >= 0.6 is 0 Å². The van der Waals surface area contributed by atoms with Crippen LogP contribution in [0.4, 0.5) is 0 Å². The number of nitrogens with zero attached hydrogens (tertiary/aromatic N) is 2. The van der Waals surface area contributed by atoms with Crippen LogP contribution in [0.2, 0.25) is 0 Å². The van der Waals surface area contributed by atoms with E-state index >= 15 is 0 Å². The fourth-order valence-electron chi connectivity index (χ4n) is 3.45. The minimum absolute atomic E-state index is 0.00657. The van der Waals surface area contributed by atoms with Crippen molar-refractivity contribution in [3.8, 4) is 0 Å². The van der Waals surface area contributed by atoms with Gasteiger partial charge in [-0.2, -0.15) is 0 Å². The van der Waals surface area contributed by atoms with Gasteiger partial charge in [-0.15, -0.1) is 0 Å². The topological polar surface area (TPSA) is 62.3 Å². The molecule has 130 valence electrons. The van der Waals surface area contributed by atoms with Gasteiger partial charge in [-0.1, -0.05) is 30.3 Å². The zero-order valence-corrected chi connectivity index (χ0v) is 14.6. The maximum Gasteiger partial charge on any atom is 0.226 e. The molecule has 0 radical (unpaired) electrons. The molecular weight excluding hydrogens is 314 g/mol. The summed E-state index contributed by atoms with van der Waals surface area (Å²) in [4.78, 5) is 30.6. The smallest absolute Gasteiger partial charge is 0.226 e. The lowest BCUT2D eigenvalue weighted by Gasteiger charge is -2.24. The highest BCUT2D eigenvalue weighted by Crippen LogP contribution is 2.36. The molecule has 5 nitrogen and oxygen atoms in total.